The smallest absolute Gasteiger partial charge is 0.238 e. The van der Waals surface area contributed by atoms with Crippen molar-refractivity contribution in [2.24, 2.45) is 4.99 Å². The molecule has 5 nitrogen and oxygen atoms in total. The molecule has 2 amide bonds. The highest BCUT2D eigenvalue weighted by atomic mass is 35.5. The number of hydrogen-bond donors (Lipinski definition) is 1. The molecule has 168 valence electrons. The van der Waals surface area contributed by atoms with Gasteiger partial charge >= 0.3 is 0 Å². The van der Waals surface area contributed by atoms with Gasteiger partial charge in [-0.15, -0.1) is 0 Å². The van der Waals surface area contributed by atoms with Gasteiger partial charge in [0.15, 0.2) is 5.17 Å². The maximum Gasteiger partial charge on any atom is 0.238 e. The van der Waals surface area contributed by atoms with Crippen molar-refractivity contribution in [2.45, 2.75) is 18.2 Å². The van der Waals surface area contributed by atoms with Gasteiger partial charge in [0.2, 0.25) is 11.8 Å². The van der Waals surface area contributed by atoms with Gasteiger partial charge in [-0.1, -0.05) is 35.5 Å². The van der Waals surface area contributed by atoms with Crippen molar-refractivity contribution in [1.82, 2.24) is 4.90 Å². The zero-order valence-electron chi connectivity index (χ0n) is 17.2. The van der Waals surface area contributed by atoms with Crippen molar-refractivity contribution >= 4 is 51.7 Å². The van der Waals surface area contributed by atoms with E-state index in [1.807, 2.05) is 0 Å². The number of anilines is 1. The lowest BCUT2D eigenvalue weighted by molar-refractivity contribution is -0.129. The second-order valence-corrected chi connectivity index (χ2v) is 8.89. The number of carbonyl (C=O) groups excluding carboxylic acids is 2. The quantitative estimate of drug-likeness (QED) is 0.498. The zero-order chi connectivity index (χ0) is 23.4. The summed E-state index contributed by atoms with van der Waals surface area (Å²) in [6.07, 6.45) is -0.0340. The number of nitrogens with one attached hydrogen (secondary N) is 1. The number of nitrogens with zero attached hydrogens (tertiary/aromatic N) is 2. The molecule has 0 aromatic heterocycles. The number of amides is 2. The number of carbonyl (C=O) groups is 2. The fourth-order valence-corrected chi connectivity index (χ4v) is 4.38. The van der Waals surface area contributed by atoms with Crippen molar-refractivity contribution in [1.29, 1.82) is 0 Å². The number of aliphatic imine (C=N–C) groups is 1. The summed E-state index contributed by atoms with van der Waals surface area (Å²) in [5.74, 6) is -1.42. The van der Waals surface area contributed by atoms with E-state index in [1.54, 1.807) is 36.4 Å². The van der Waals surface area contributed by atoms with Crippen LogP contribution in [-0.2, 0) is 16.1 Å². The van der Waals surface area contributed by atoms with E-state index in [4.69, 9.17) is 11.6 Å². The highest BCUT2D eigenvalue weighted by Crippen LogP contribution is 2.31. The molecule has 33 heavy (non-hydrogen) atoms. The minimum atomic E-state index is -0.711. The lowest BCUT2D eigenvalue weighted by Gasteiger charge is -2.32. The SMILES string of the molecule is O=C(Nc1ccc(Cl)cc1)C1CC(=O)N(Cc2ccc(F)cc2)C(=Nc2ccc(F)cc2)S1. The molecule has 1 aliphatic heterocycles. The van der Waals surface area contributed by atoms with Crippen LogP contribution in [0.2, 0.25) is 5.02 Å². The molecule has 0 spiro atoms. The van der Waals surface area contributed by atoms with E-state index < -0.39 is 11.1 Å². The Kier molecular flexibility index (Phi) is 7.05. The summed E-state index contributed by atoms with van der Waals surface area (Å²) in [5, 5.41) is 2.92. The van der Waals surface area contributed by atoms with Crippen molar-refractivity contribution < 1.29 is 18.4 Å². The van der Waals surface area contributed by atoms with Crippen LogP contribution in [0.15, 0.2) is 77.8 Å². The molecule has 1 N–H and O–H groups in total. The summed E-state index contributed by atoms with van der Waals surface area (Å²) >= 11 is 7.03. The van der Waals surface area contributed by atoms with Crippen molar-refractivity contribution in [3.63, 3.8) is 0 Å². The summed E-state index contributed by atoms with van der Waals surface area (Å²) in [5.41, 5.74) is 1.71. The Labute approximate surface area is 198 Å². The van der Waals surface area contributed by atoms with E-state index in [9.17, 15) is 18.4 Å². The number of halogens is 3. The average Bonchev–Trinajstić information content (AvgIpc) is 2.80. The van der Waals surface area contributed by atoms with E-state index in [1.165, 1.54) is 41.3 Å². The maximum absolute atomic E-state index is 13.3. The molecule has 3 aromatic carbocycles. The van der Waals surface area contributed by atoms with Gasteiger partial charge in [-0.25, -0.2) is 13.8 Å². The van der Waals surface area contributed by atoms with Crippen molar-refractivity contribution in [2.75, 3.05) is 5.32 Å². The molecule has 0 radical (unpaired) electrons. The summed E-state index contributed by atoms with van der Waals surface area (Å²) in [6, 6.07) is 18.0. The zero-order valence-corrected chi connectivity index (χ0v) is 18.7. The third-order valence-corrected chi connectivity index (χ3v) is 6.29. The van der Waals surface area contributed by atoms with Crippen LogP contribution in [0, 0.1) is 11.6 Å². The van der Waals surface area contributed by atoms with E-state index >= 15 is 0 Å². The molecule has 4 rings (SSSR count). The Morgan fingerprint density at radius 3 is 2.24 bits per heavy atom. The van der Waals surface area contributed by atoms with Crippen LogP contribution in [0.5, 0.6) is 0 Å². The fraction of sp³-hybridized carbons (Fsp3) is 0.125. The van der Waals surface area contributed by atoms with E-state index in [-0.39, 0.29) is 30.6 Å². The topological polar surface area (TPSA) is 61.8 Å². The predicted molar refractivity (Wildman–Crippen MR) is 127 cm³/mol. The average molecular weight is 486 g/mol. The second-order valence-electron chi connectivity index (χ2n) is 7.28. The van der Waals surface area contributed by atoms with Gasteiger partial charge in [0.05, 0.1) is 12.2 Å². The van der Waals surface area contributed by atoms with Gasteiger partial charge in [-0.2, -0.15) is 0 Å². The third kappa shape index (κ3) is 5.97. The van der Waals surface area contributed by atoms with Crippen LogP contribution in [0.3, 0.4) is 0 Å². The first-order valence-electron chi connectivity index (χ1n) is 9.99. The first-order chi connectivity index (χ1) is 15.9. The molecule has 1 heterocycles. The summed E-state index contributed by atoms with van der Waals surface area (Å²) in [6.45, 7) is 0.164. The molecule has 9 heteroatoms. The lowest BCUT2D eigenvalue weighted by Crippen LogP contribution is -2.44. The molecule has 1 fully saturated rings. The van der Waals surface area contributed by atoms with Crippen LogP contribution < -0.4 is 5.32 Å². The van der Waals surface area contributed by atoms with Gasteiger partial charge in [0.1, 0.15) is 16.9 Å². The highest BCUT2D eigenvalue weighted by molar-refractivity contribution is 8.15. The van der Waals surface area contributed by atoms with E-state index in [0.717, 1.165) is 11.8 Å². The fourth-order valence-electron chi connectivity index (χ4n) is 3.15. The molecule has 1 atom stereocenters. The first kappa shape index (κ1) is 22.9. The molecule has 1 unspecified atom stereocenters. The molecule has 0 bridgehead atoms. The monoisotopic (exact) mass is 485 g/mol. The number of amidine groups is 1. The number of rotatable bonds is 5. The molecular formula is C24H18ClF2N3O2S. The number of hydrogen-bond acceptors (Lipinski definition) is 4. The molecule has 0 aliphatic carbocycles. The molecular weight excluding hydrogens is 468 g/mol. The Balaban J connectivity index is 1.59. The maximum atomic E-state index is 13.3. The largest absolute Gasteiger partial charge is 0.325 e. The molecule has 0 saturated carbocycles. The van der Waals surface area contributed by atoms with Crippen LogP contribution in [0.25, 0.3) is 0 Å². The minimum absolute atomic E-state index is 0.0340. The van der Waals surface area contributed by atoms with Crippen molar-refractivity contribution in [3.8, 4) is 0 Å². The second kappa shape index (κ2) is 10.1. The van der Waals surface area contributed by atoms with E-state index in [0.29, 0.717) is 27.1 Å². The highest BCUT2D eigenvalue weighted by Gasteiger charge is 2.36. The van der Waals surface area contributed by atoms with E-state index in [2.05, 4.69) is 10.3 Å². The molecule has 3 aromatic rings. The Hall–Kier alpha value is -3.23. The number of benzene rings is 3. The van der Waals surface area contributed by atoms with Gasteiger partial charge in [-0.05, 0) is 66.2 Å². The Bertz CT molecular complexity index is 1190. The first-order valence-corrected chi connectivity index (χ1v) is 11.3. The van der Waals surface area contributed by atoms with Gasteiger partial charge < -0.3 is 5.32 Å². The third-order valence-electron chi connectivity index (χ3n) is 4.85. The number of thioether (sulfide) groups is 1. The van der Waals surface area contributed by atoms with Crippen LogP contribution in [-0.4, -0.2) is 27.1 Å². The van der Waals surface area contributed by atoms with Crippen LogP contribution in [0.4, 0.5) is 20.2 Å². The lowest BCUT2D eigenvalue weighted by atomic mass is 10.2. The minimum Gasteiger partial charge on any atom is -0.325 e. The van der Waals surface area contributed by atoms with Gasteiger partial charge in [0, 0.05) is 17.1 Å². The summed E-state index contributed by atoms with van der Waals surface area (Å²) < 4.78 is 26.6. The Morgan fingerprint density at radius 2 is 1.61 bits per heavy atom. The van der Waals surface area contributed by atoms with Gasteiger partial charge in [-0.3, -0.25) is 14.5 Å². The Morgan fingerprint density at radius 1 is 1.00 bits per heavy atom. The summed E-state index contributed by atoms with van der Waals surface area (Å²) in [7, 11) is 0. The van der Waals surface area contributed by atoms with Crippen LogP contribution in [0.1, 0.15) is 12.0 Å². The molecule has 1 aliphatic rings. The summed E-state index contributed by atoms with van der Waals surface area (Å²) in [4.78, 5) is 31.8. The van der Waals surface area contributed by atoms with Gasteiger partial charge in [0.25, 0.3) is 0 Å². The standard InChI is InChI=1S/C24H18ClF2N3O2S/c25-16-3-9-19(10-4-16)28-23(32)21-13-22(31)30(14-15-1-5-17(26)6-2-15)24(33-21)29-20-11-7-18(27)8-12-20/h1-12,21H,13-14H2,(H,28,32). The van der Waals surface area contributed by atoms with Crippen LogP contribution >= 0.6 is 23.4 Å². The predicted octanol–water partition coefficient (Wildman–Crippen LogP) is 5.78. The molecule has 1 saturated heterocycles. The normalized spacial score (nSPS) is 17.3. The van der Waals surface area contributed by atoms with Crippen molar-refractivity contribution in [3.05, 3.63) is 95.0 Å².